The van der Waals surface area contributed by atoms with Crippen LogP contribution in [0, 0.1) is 6.92 Å². The zero-order valence-electron chi connectivity index (χ0n) is 21.7. The van der Waals surface area contributed by atoms with Crippen LogP contribution in [-0.4, -0.2) is 12.7 Å². The summed E-state index contributed by atoms with van der Waals surface area (Å²) in [5.74, 6) is 0.346. The first-order valence-electron chi connectivity index (χ1n) is 12.4. The molecule has 0 aliphatic heterocycles. The number of benzene rings is 4. The van der Waals surface area contributed by atoms with E-state index in [1.807, 2.05) is 91.9 Å². The predicted octanol–water partition coefficient (Wildman–Crippen LogP) is 7.49. The van der Waals surface area contributed by atoms with E-state index in [0.29, 0.717) is 11.5 Å². The first-order valence-corrected chi connectivity index (χ1v) is 14.3. The molecule has 0 saturated carbocycles. The fourth-order valence-electron chi connectivity index (χ4n) is 4.45. The van der Waals surface area contributed by atoms with Crippen molar-refractivity contribution in [3.63, 3.8) is 0 Å². The first-order chi connectivity index (χ1) is 17.7. The van der Waals surface area contributed by atoms with Crippen LogP contribution >= 0.6 is 11.6 Å². The molecule has 200 valence electrons. The standard InChI is InChI=1S/C31H33ClN2O2S.Ru/c1-22(2)24-16-18-27(19-17-24)31(32)34(37(35,36)28-20-14-23(3)15-21-28)30(26-12-8-5-9-13-26)29(33)25-10-6-4-7-11-25;/h4-22,29-31H,33H2,1-3H3;. The molecule has 2 N–H and O–H groups in total. The van der Waals surface area contributed by atoms with Crippen LogP contribution in [0.3, 0.4) is 0 Å². The van der Waals surface area contributed by atoms with Crippen molar-refractivity contribution < 1.29 is 27.9 Å². The van der Waals surface area contributed by atoms with Crippen molar-refractivity contribution in [2.24, 2.45) is 5.73 Å². The molecule has 4 aromatic carbocycles. The van der Waals surface area contributed by atoms with E-state index in [4.69, 9.17) is 17.3 Å². The Morgan fingerprint density at radius 1 is 0.684 bits per heavy atom. The van der Waals surface area contributed by atoms with Gasteiger partial charge in [-0.15, -0.1) is 0 Å². The second-order valence-electron chi connectivity index (χ2n) is 9.60. The van der Waals surface area contributed by atoms with Gasteiger partial charge in [0.1, 0.15) is 5.50 Å². The van der Waals surface area contributed by atoms with E-state index < -0.39 is 27.6 Å². The van der Waals surface area contributed by atoms with Crippen molar-refractivity contribution in [2.75, 3.05) is 0 Å². The predicted molar refractivity (Wildman–Crippen MR) is 152 cm³/mol. The van der Waals surface area contributed by atoms with Crippen LogP contribution in [0.15, 0.2) is 114 Å². The summed E-state index contributed by atoms with van der Waals surface area (Å²) in [7, 11) is -4.07. The third-order valence-electron chi connectivity index (χ3n) is 6.64. The molecule has 0 aromatic heterocycles. The molecule has 0 amide bonds. The molecule has 0 saturated heterocycles. The van der Waals surface area contributed by atoms with Gasteiger partial charge in [0, 0.05) is 19.5 Å². The van der Waals surface area contributed by atoms with E-state index in [2.05, 4.69) is 13.8 Å². The van der Waals surface area contributed by atoms with Gasteiger partial charge >= 0.3 is 0 Å². The minimum Gasteiger partial charge on any atom is -0.322 e. The quantitative estimate of drug-likeness (QED) is 0.118. The first kappa shape index (κ1) is 30.2. The molecule has 0 spiro atoms. The SMILES string of the molecule is Cc1ccc(S(=O)(=O)N(C(Cl)c2ccc(C(C)C)cc2)C(c2ccccc2)C(N)c2ccccc2)cc1.[Ru]. The molecular weight excluding hydrogens is 601 g/mol. The fourth-order valence-corrected chi connectivity index (χ4v) is 6.67. The van der Waals surface area contributed by atoms with Gasteiger partial charge < -0.3 is 5.73 Å². The minimum absolute atomic E-state index is 0. The zero-order valence-corrected chi connectivity index (χ0v) is 25.0. The number of nitrogens with zero attached hydrogens (tertiary/aromatic N) is 1. The normalized spacial score (nSPS) is 14.1. The molecule has 3 atom stereocenters. The summed E-state index contributed by atoms with van der Waals surface area (Å²) in [5, 5.41) is 0. The summed E-state index contributed by atoms with van der Waals surface area (Å²) in [5.41, 5.74) is 10.3. The smallest absolute Gasteiger partial charge is 0.245 e. The van der Waals surface area contributed by atoms with Crippen LogP contribution in [0.4, 0.5) is 0 Å². The van der Waals surface area contributed by atoms with Gasteiger partial charge in [0.05, 0.1) is 17.0 Å². The van der Waals surface area contributed by atoms with Gasteiger partial charge in [0.25, 0.3) is 0 Å². The maximum atomic E-state index is 14.4. The Labute approximate surface area is 244 Å². The Morgan fingerprint density at radius 2 is 1.16 bits per heavy atom. The van der Waals surface area contributed by atoms with Crippen molar-refractivity contribution >= 4 is 21.6 Å². The molecule has 0 heterocycles. The monoisotopic (exact) mass is 634 g/mol. The van der Waals surface area contributed by atoms with Crippen LogP contribution < -0.4 is 5.73 Å². The average molecular weight is 634 g/mol. The molecule has 0 aliphatic rings. The second kappa shape index (κ2) is 13.1. The number of hydrogen-bond acceptors (Lipinski definition) is 3. The number of rotatable bonds is 9. The molecule has 0 radical (unpaired) electrons. The van der Waals surface area contributed by atoms with E-state index in [-0.39, 0.29) is 24.4 Å². The van der Waals surface area contributed by atoms with Gasteiger partial charge in [-0.3, -0.25) is 0 Å². The van der Waals surface area contributed by atoms with E-state index >= 15 is 0 Å². The molecule has 4 nitrogen and oxygen atoms in total. The van der Waals surface area contributed by atoms with Crippen molar-refractivity contribution in [1.29, 1.82) is 0 Å². The van der Waals surface area contributed by atoms with Gasteiger partial charge in [-0.05, 0) is 47.2 Å². The zero-order chi connectivity index (χ0) is 26.6. The van der Waals surface area contributed by atoms with Crippen LogP contribution in [0.1, 0.15) is 65.2 Å². The van der Waals surface area contributed by atoms with Crippen molar-refractivity contribution in [3.05, 3.63) is 137 Å². The number of aryl methyl sites for hydroxylation is 1. The maximum Gasteiger partial charge on any atom is 0.245 e. The number of nitrogens with two attached hydrogens (primary N) is 1. The van der Waals surface area contributed by atoms with Gasteiger partial charge in [-0.2, -0.15) is 4.31 Å². The van der Waals surface area contributed by atoms with Crippen molar-refractivity contribution in [1.82, 2.24) is 4.31 Å². The molecule has 0 aliphatic carbocycles. The summed E-state index contributed by atoms with van der Waals surface area (Å²) in [6.07, 6.45) is 0. The van der Waals surface area contributed by atoms with Gasteiger partial charge in [0.2, 0.25) is 10.0 Å². The number of hydrogen-bond donors (Lipinski definition) is 1. The molecule has 0 fully saturated rings. The molecular formula is C31H33ClN2O2RuS. The van der Waals surface area contributed by atoms with Crippen LogP contribution in [0.2, 0.25) is 0 Å². The van der Waals surface area contributed by atoms with E-state index in [1.165, 1.54) is 4.31 Å². The Kier molecular flexibility index (Phi) is 10.5. The second-order valence-corrected chi connectivity index (χ2v) is 11.9. The summed E-state index contributed by atoms with van der Waals surface area (Å²) in [6, 6.07) is 32.2. The fraction of sp³-hybridized carbons (Fsp3) is 0.226. The molecule has 7 heteroatoms. The van der Waals surface area contributed by atoms with E-state index in [9.17, 15) is 8.42 Å². The molecule has 4 rings (SSSR count). The Balaban J connectivity index is 0.00000400. The molecule has 4 aromatic rings. The molecule has 3 unspecified atom stereocenters. The summed E-state index contributed by atoms with van der Waals surface area (Å²) in [4.78, 5) is 0.170. The third-order valence-corrected chi connectivity index (χ3v) is 9.08. The summed E-state index contributed by atoms with van der Waals surface area (Å²) in [6.45, 7) is 6.16. The Hall–Kier alpha value is -2.34. The third kappa shape index (κ3) is 6.62. The van der Waals surface area contributed by atoms with Gasteiger partial charge in [-0.25, -0.2) is 8.42 Å². The van der Waals surface area contributed by atoms with Gasteiger partial charge in [-0.1, -0.05) is 128 Å². The largest absolute Gasteiger partial charge is 0.322 e. The van der Waals surface area contributed by atoms with Crippen LogP contribution in [-0.2, 0) is 29.5 Å². The van der Waals surface area contributed by atoms with Gasteiger partial charge in [0.15, 0.2) is 0 Å². The Bertz CT molecular complexity index is 1400. The van der Waals surface area contributed by atoms with E-state index in [0.717, 1.165) is 22.3 Å². The molecule has 38 heavy (non-hydrogen) atoms. The van der Waals surface area contributed by atoms with Crippen molar-refractivity contribution in [3.8, 4) is 0 Å². The topological polar surface area (TPSA) is 63.4 Å². The number of alkyl halides is 1. The summed E-state index contributed by atoms with van der Waals surface area (Å²) >= 11 is 7.14. The number of sulfonamides is 1. The Morgan fingerprint density at radius 3 is 1.66 bits per heavy atom. The van der Waals surface area contributed by atoms with Crippen LogP contribution in [0.25, 0.3) is 0 Å². The maximum absolute atomic E-state index is 14.4. The molecule has 0 bridgehead atoms. The average Bonchev–Trinajstić information content (AvgIpc) is 2.92. The number of halogens is 1. The van der Waals surface area contributed by atoms with Crippen LogP contribution in [0.5, 0.6) is 0 Å². The van der Waals surface area contributed by atoms with E-state index in [1.54, 1.807) is 24.3 Å². The minimum atomic E-state index is -4.07. The summed E-state index contributed by atoms with van der Waals surface area (Å²) < 4.78 is 30.1. The van der Waals surface area contributed by atoms with Crippen molar-refractivity contribution in [2.45, 2.75) is 49.2 Å².